The number of carbonyl (C=O) groups is 1. The highest BCUT2D eigenvalue weighted by Gasteiger charge is 2.10. The van der Waals surface area contributed by atoms with Gasteiger partial charge in [0.2, 0.25) is 0 Å². The number of hydrogen-bond acceptors (Lipinski definition) is 4. The maximum atomic E-state index is 13.5. The molecule has 0 N–H and O–H groups in total. The van der Waals surface area contributed by atoms with Gasteiger partial charge in [0.1, 0.15) is 12.4 Å². The van der Waals surface area contributed by atoms with Gasteiger partial charge in [-0.3, -0.25) is 9.48 Å². The van der Waals surface area contributed by atoms with Gasteiger partial charge in [0.25, 0.3) is 5.91 Å². The van der Waals surface area contributed by atoms with Crippen molar-refractivity contribution in [2.75, 3.05) is 13.7 Å². The van der Waals surface area contributed by atoms with Crippen molar-refractivity contribution in [1.29, 1.82) is 0 Å². The number of aryl methyl sites for hydroxylation is 2. The maximum absolute atomic E-state index is 13.5. The summed E-state index contributed by atoms with van der Waals surface area (Å²) < 4.78 is 22.9. The SMILES string of the molecule is COCCn1c(=NC(=O)Cn2nc(C)cc2C)sc2cc(F)ccc21. The number of rotatable bonds is 5. The van der Waals surface area contributed by atoms with E-state index in [0.717, 1.165) is 21.6 Å². The second-order valence-corrected chi connectivity index (χ2v) is 6.74. The number of ether oxygens (including phenoxy) is 1. The lowest BCUT2D eigenvalue weighted by Gasteiger charge is -2.04. The summed E-state index contributed by atoms with van der Waals surface area (Å²) in [7, 11) is 1.61. The molecule has 0 spiro atoms. The lowest BCUT2D eigenvalue weighted by atomic mass is 10.3. The first kappa shape index (κ1) is 17.5. The lowest BCUT2D eigenvalue weighted by molar-refractivity contribution is -0.118. The van der Waals surface area contributed by atoms with Crippen LogP contribution in [0.15, 0.2) is 29.3 Å². The fourth-order valence-electron chi connectivity index (χ4n) is 2.64. The van der Waals surface area contributed by atoms with Crippen LogP contribution in [0.2, 0.25) is 0 Å². The second-order valence-electron chi connectivity index (χ2n) is 5.73. The summed E-state index contributed by atoms with van der Waals surface area (Å²) in [5.41, 5.74) is 2.60. The molecule has 0 bridgehead atoms. The molecule has 6 nitrogen and oxygen atoms in total. The van der Waals surface area contributed by atoms with Gasteiger partial charge < -0.3 is 9.30 Å². The topological polar surface area (TPSA) is 61.4 Å². The number of nitrogens with zero attached hydrogens (tertiary/aromatic N) is 4. The zero-order valence-electron chi connectivity index (χ0n) is 14.3. The minimum Gasteiger partial charge on any atom is -0.383 e. The van der Waals surface area contributed by atoms with Crippen LogP contribution in [-0.2, 0) is 22.6 Å². The van der Waals surface area contributed by atoms with Gasteiger partial charge in [-0.05, 0) is 38.1 Å². The van der Waals surface area contributed by atoms with Crippen molar-refractivity contribution in [1.82, 2.24) is 14.3 Å². The van der Waals surface area contributed by atoms with E-state index in [1.54, 1.807) is 17.9 Å². The first-order valence-electron chi connectivity index (χ1n) is 7.84. The van der Waals surface area contributed by atoms with Crippen LogP contribution in [0, 0.1) is 19.7 Å². The Bertz CT molecular complexity index is 986. The lowest BCUT2D eigenvalue weighted by Crippen LogP contribution is -2.21. The summed E-state index contributed by atoms with van der Waals surface area (Å²) in [6, 6.07) is 6.46. The van der Waals surface area contributed by atoms with Crippen LogP contribution in [0.1, 0.15) is 11.4 Å². The van der Waals surface area contributed by atoms with Crippen molar-refractivity contribution in [3.05, 3.63) is 46.3 Å². The smallest absolute Gasteiger partial charge is 0.270 e. The monoisotopic (exact) mass is 362 g/mol. The number of carbonyl (C=O) groups excluding carboxylic acids is 1. The molecule has 1 amide bonds. The molecule has 0 atom stereocenters. The van der Waals surface area contributed by atoms with Crippen molar-refractivity contribution in [2.24, 2.45) is 4.99 Å². The zero-order chi connectivity index (χ0) is 18.0. The van der Waals surface area contributed by atoms with E-state index in [2.05, 4.69) is 10.1 Å². The molecule has 2 heterocycles. The number of hydrogen-bond donors (Lipinski definition) is 0. The fourth-order valence-corrected chi connectivity index (χ4v) is 3.73. The third-order valence-corrected chi connectivity index (χ3v) is 4.81. The Morgan fingerprint density at radius 1 is 1.36 bits per heavy atom. The molecule has 0 radical (unpaired) electrons. The Morgan fingerprint density at radius 3 is 2.84 bits per heavy atom. The number of benzene rings is 1. The van der Waals surface area contributed by atoms with Gasteiger partial charge in [0, 0.05) is 19.3 Å². The summed E-state index contributed by atoms with van der Waals surface area (Å²) in [4.78, 5) is 17.1. The highest BCUT2D eigenvalue weighted by Crippen LogP contribution is 2.18. The van der Waals surface area contributed by atoms with Crippen molar-refractivity contribution in [3.63, 3.8) is 0 Å². The van der Waals surface area contributed by atoms with Gasteiger partial charge in [0.05, 0.1) is 22.5 Å². The van der Waals surface area contributed by atoms with Crippen molar-refractivity contribution in [2.45, 2.75) is 26.9 Å². The molecule has 1 aromatic carbocycles. The Labute approximate surface area is 148 Å². The van der Waals surface area contributed by atoms with Gasteiger partial charge in [-0.2, -0.15) is 10.1 Å². The Morgan fingerprint density at radius 2 is 2.16 bits per heavy atom. The first-order chi connectivity index (χ1) is 12.0. The molecular weight excluding hydrogens is 343 g/mol. The predicted molar refractivity (Wildman–Crippen MR) is 93.9 cm³/mol. The molecule has 0 unspecified atom stereocenters. The van der Waals surface area contributed by atoms with Crippen LogP contribution in [0.25, 0.3) is 10.2 Å². The molecule has 0 saturated carbocycles. The summed E-state index contributed by atoms with van der Waals surface area (Å²) in [5, 5.41) is 4.28. The average Bonchev–Trinajstić information content (AvgIpc) is 3.03. The number of fused-ring (bicyclic) bond motifs is 1. The minimum atomic E-state index is -0.312. The van der Waals surface area contributed by atoms with E-state index in [4.69, 9.17) is 4.74 Å². The highest BCUT2D eigenvalue weighted by atomic mass is 32.1. The van der Waals surface area contributed by atoms with Crippen LogP contribution in [0.5, 0.6) is 0 Å². The second kappa shape index (κ2) is 7.28. The molecule has 0 saturated heterocycles. The summed E-state index contributed by atoms with van der Waals surface area (Å²) in [6.07, 6.45) is 0. The number of thiazole rings is 1. The van der Waals surface area contributed by atoms with Crippen molar-refractivity contribution >= 4 is 27.5 Å². The first-order valence-corrected chi connectivity index (χ1v) is 8.66. The van der Waals surface area contributed by atoms with E-state index in [0.29, 0.717) is 18.0 Å². The number of methoxy groups -OCH3 is 1. The molecule has 3 aromatic rings. The largest absolute Gasteiger partial charge is 0.383 e. The van der Waals surface area contributed by atoms with Crippen molar-refractivity contribution in [3.8, 4) is 0 Å². The third-order valence-electron chi connectivity index (χ3n) is 3.77. The third kappa shape index (κ3) is 3.85. The zero-order valence-corrected chi connectivity index (χ0v) is 15.1. The Balaban J connectivity index is 1.99. The standard InChI is InChI=1S/C17H19FN4O2S/c1-11-8-12(2)22(20-11)10-16(23)19-17-21(6-7-24-3)14-5-4-13(18)9-15(14)25-17/h4-5,8-9H,6-7,10H2,1-3H3. The number of amides is 1. The molecule has 0 aliphatic carbocycles. The quantitative estimate of drug-likeness (QED) is 0.700. The molecule has 0 fully saturated rings. The van der Waals surface area contributed by atoms with E-state index in [1.165, 1.54) is 23.5 Å². The molecule has 0 aliphatic heterocycles. The van der Waals surface area contributed by atoms with Crippen LogP contribution in [0.3, 0.4) is 0 Å². The molecule has 132 valence electrons. The summed E-state index contributed by atoms with van der Waals surface area (Å²) >= 11 is 1.29. The van der Waals surface area contributed by atoms with Crippen LogP contribution < -0.4 is 4.80 Å². The van der Waals surface area contributed by atoms with Gasteiger partial charge >= 0.3 is 0 Å². The number of aromatic nitrogens is 3. The molecule has 3 rings (SSSR count). The van der Waals surface area contributed by atoms with E-state index in [9.17, 15) is 9.18 Å². The van der Waals surface area contributed by atoms with Crippen LogP contribution in [-0.4, -0.2) is 34.0 Å². The minimum absolute atomic E-state index is 0.0759. The Kier molecular flexibility index (Phi) is 5.10. The average molecular weight is 362 g/mol. The van der Waals surface area contributed by atoms with Gasteiger partial charge in [0.15, 0.2) is 4.80 Å². The highest BCUT2D eigenvalue weighted by molar-refractivity contribution is 7.16. The van der Waals surface area contributed by atoms with E-state index in [1.807, 2.05) is 24.5 Å². The summed E-state index contributed by atoms with van der Waals surface area (Å²) in [5.74, 6) is -0.613. The fraction of sp³-hybridized carbons (Fsp3) is 0.353. The van der Waals surface area contributed by atoms with Gasteiger partial charge in [-0.1, -0.05) is 11.3 Å². The van der Waals surface area contributed by atoms with E-state index in [-0.39, 0.29) is 18.3 Å². The molecule has 25 heavy (non-hydrogen) atoms. The van der Waals surface area contributed by atoms with Crippen molar-refractivity contribution < 1.29 is 13.9 Å². The summed E-state index contributed by atoms with van der Waals surface area (Å²) in [6.45, 7) is 4.86. The predicted octanol–water partition coefficient (Wildman–Crippen LogP) is 2.43. The van der Waals surface area contributed by atoms with Crippen LogP contribution >= 0.6 is 11.3 Å². The maximum Gasteiger partial charge on any atom is 0.270 e. The molecular formula is C17H19FN4O2S. The van der Waals surface area contributed by atoms with Gasteiger partial charge in [-0.15, -0.1) is 0 Å². The molecule has 8 heteroatoms. The molecule has 2 aromatic heterocycles. The Hall–Kier alpha value is -2.32. The van der Waals surface area contributed by atoms with E-state index < -0.39 is 0 Å². The normalized spacial score (nSPS) is 12.2. The van der Waals surface area contributed by atoms with Crippen LogP contribution in [0.4, 0.5) is 4.39 Å². The number of halogens is 1. The molecule has 0 aliphatic rings. The van der Waals surface area contributed by atoms with Gasteiger partial charge in [-0.25, -0.2) is 4.39 Å². The van der Waals surface area contributed by atoms with E-state index >= 15 is 0 Å².